The number of fused-ring (bicyclic) bond motifs is 2. The highest BCUT2D eigenvalue weighted by Gasteiger charge is 2.52. The Morgan fingerprint density at radius 1 is 1.29 bits per heavy atom. The maximum Gasteiger partial charge on any atom is 0.178 e. The highest BCUT2D eigenvalue weighted by atomic mass is 32.2. The molecule has 1 saturated heterocycles. The average Bonchev–Trinajstić information content (AvgIpc) is 2.95. The van der Waals surface area contributed by atoms with E-state index in [0.29, 0.717) is 17.9 Å². The Kier molecular flexibility index (Phi) is 1.43. The second-order valence-electron chi connectivity index (χ2n) is 3.85. The third-order valence-electron chi connectivity index (χ3n) is 2.98. The van der Waals surface area contributed by atoms with E-state index in [9.17, 15) is 8.42 Å². The van der Waals surface area contributed by atoms with Crippen LogP contribution in [0.25, 0.3) is 0 Å². The van der Waals surface area contributed by atoms with Crippen molar-refractivity contribution < 1.29 is 13.2 Å². The Morgan fingerprint density at radius 2 is 2.00 bits per heavy atom. The lowest BCUT2D eigenvalue weighted by Crippen LogP contribution is -2.25. The molecule has 1 spiro atoms. The van der Waals surface area contributed by atoms with Gasteiger partial charge in [0.1, 0.15) is 5.60 Å². The first kappa shape index (κ1) is 8.44. The van der Waals surface area contributed by atoms with Gasteiger partial charge in [-0.25, -0.2) is 8.42 Å². The van der Waals surface area contributed by atoms with E-state index in [0.717, 1.165) is 5.56 Å². The number of hydrogen-bond acceptors (Lipinski definition) is 3. The molecule has 1 fully saturated rings. The predicted molar refractivity (Wildman–Crippen MR) is 50.7 cm³/mol. The summed E-state index contributed by atoms with van der Waals surface area (Å²) in [7, 11) is -3.05. The molecule has 4 heteroatoms. The number of rotatable bonds is 0. The van der Waals surface area contributed by atoms with Crippen LogP contribution >= 0.6 is 0 Å². The zero-order chi connectivity index (χ0) is 9.81. The predicted octanol–water partition coefficient (Wildman–Crippen LogP) is 1.09. The van der Waals surface area contributed by atoms with E-state index in [4.69, 9.17) is 4.74 Å². The fourth-order valence-electron chi connectivity index (χ4n) is 2.05. The summed E-state index contributed by atoms with van der Waals surface area (Å²) in [6.45, 7) is 0.666. The third-order valence-corrected chi connectivity index (χ3v) is 4.75. The minimum atomic E-state index is -3.05. The molecule has 1 aromatic carbocycles. The molecule has 1 atom stereocenters. The van der Waals surface area contributed by atoms with E-state index in [2.05, 4.69) is 0 Å². The summed E-state index contributed by atoms with van der Waals surface area (Å²) in [4.78, 5) is 0.462. The number of epoxide rings is 1. The van der Waals surface area contributed by atoms with Crippen molar-refractivity contribution in [3.8, 4) is 0 Å². The van der Waals surface area contributed by atoms with Crippen LogP contribution < -0.4 is 0 Å². The zero-order valence-corrected chi connectivity index (χ0v) is 8.38. The third kappa shape index (κ3) is 0.980. The highest BCUT2D eigenvalue weighted by Crippen LogP contribution is 2.48. The van der Waals surface area contributed by atoms with Crippen molar-refractivity contribution in [2.24, 2.45) is 0 Å². The van der Waals surface area contributed by atoms with Crippen molar-refractivity contribution in [1.29, 1.82) is 0 Å². The molecule has 14 heavy (non-hydrogen) atoms. The van der Waals surface area contributed by atoms with Crippen LogP contribution in [-0.4, -0.2) is 20.8 Å². The van der Waals surface area contributed by atoms with Crippen molar-refractivity contribution >= 4 is 9.84 Å². The van der Waals surface area contributed by atoms with Crippen LogP contribution in [0.4, 0.5) is 0 Å². The largest absolute Gasteiger partial charge is 0.364 e. The first-order valence-corrected chi connectivity index (χ1v) is 6.26. The Morgan fingerprint density at radius 3 is 2.71 bits per heavy atom. The van der Waals surface area contributed by atoms with Crippen LogP contribution in [-0.2, 0) is 20.2 Å². The Bertz CT molecular complexity index is 486. The fourth-order valence-corrected chi connectivity index (χ4v) is 3.74. The Labute approximate surface area is 82.6 Å². The first-order valence-electron chi connectivity index (χ1n) is 4.60. The molecular weight excluding hydrogens is 200 g/mol. The summed E-state index contributed by atoms with van der Waals surface area (Å²) < 4.78 is 28.9. The van der Waals surface area contributed by atoms with Gasteiger partial charge in [0, 0.05) is 5.56 Å². The van der Waals surface area contributed by atoms with Gasteiger partial charge in [0.15, 0.2) is 9.84 Å². The van der Waals surface area contributed by atoms with E-state index in [1.54, 1.807) is 12.1 Å². The number of hydrogen-bond donors (Lipinski definition) is 0. The molecule has 1 aromatic rings. The number of sulfone groups is 1. The second kappa shape index (κ2) is 2.38. The van der Waals surface area contributed by atoms with E-state index >= 15 is 0 Å². The van der Waals surface area contributed by atoms with Crippen molar-refractivity contribution in [2.45, 2.75) is 16.9 Å². The van der Waals surface area contributed by atoms with Gasteiger partial charge in [-0.2, -0.15) is 0 Å². The second-order valence-corrected chi connectivity index (χ2v) is 5.93. The van der Waals surface area contributed by atoms with Crippen molar-refractivity contribution in [1.82, 2.24) is 0 Å². The van der Waals surface area contributed by atoms with Crippen LogP contribution in [0.15, 0.2) is 29.2 Å². The summed E-state index contributed by atoms with van der Waals surface area (Å²) in [6, 6.07) is 7.16. The first-order chi connectivity index (χ1) is 6.64. The molecular formula is C10H10O3S. The smallest absolute Gasteiger partial charge is 0.178 e. The molecule has 74 valence electrons. The molecule has 0 radical (unpaired) electrons. The molecule has 3 rings (SSSR count). The van der Waals surface area contributed by atoms with Gasteiger partial charge < -0.3 is 4.74 Å². The Hall–Kier alpha value is -0.870. The minimum Gasteiger partial charge on any atom is -0.364 e. The van der Waals surface area contributed by atoms with E-state index in [1.165, 1.54) is 0 Å². The topological polar surface area (TPSA) is 46.7 Å². The molecule has 0 saturated carbocycles. The van der Waals surface area contributed by atoms with Crippen LogP contribution in [0.1, 0.15) is 12.0 Å². The lowest BCUT2D eigenvalue weighted by Gasteiger charge is -2.21. The van der Waals surface area contributed by atoms with E-state index < -0.39 is 9.84 Å². The van der Waals surface area contributed by atoms with E-state index in [1.807, 2.05) is 12.1 Å². The summed E-state index contributed by atoms with van der Waals surface area (Å²) in [5, 5.41) is 0. The van der Waals surface area contributed by atoms with Gasteiger partial charge in [-0.1, -0.05) is 18.2 Å². The normalized spacial score (nSPS) is 32.6. The van der Waals surface area contributed by atoms with Crippen molar-refractivity contribution in [3.05, 3.63) is 29.8 Å². The van der Waals surface area contributed by atoms with Gasteiger partial charge in [0.05, 0.1) is 17.3 Å². The lowest BCUT2D eigenvalue weighted by molar-refractivity contribution is 0.293. The molecule has 1 unspecified atom stereocenters. The molecule has 0 bridgehead atoms. The molecule has 0 aromatic heterocycles. The van der Waals surface area contributed by atoms with E-state index in [-0.39, 0.29) is 11.4 Å². The summed E-state index contributed by atoms with van der Waals surface area (Å²) in [5.74, 6) is 0.212. The number of ether oxygens (including phenoxy) is 1. The van der Waals surface area contributed by atoms with Crippen LogP contribution in [0.3, 0.4) is 0 Å². The average molecular weight is 210 g/mol. The van der Waals surface area contributed by atoms with Gasteiger partial charge in [-0.3, -0.25) is 0 Å². The molecule has 0 aliphatic carbocycles. The van der Waals surface area contributed by atoms with Crippen LogP contribution in [0.5, 0.6) is 0 Å². The van der Waals surface area contributed by atoms with Crippen molar-refractivity contribution in [3.63, 3.8) is 0 Å². The summed E-state index contributed by atoms with van der Waals surface area (Å²) in [5.41, 5.74) is 0.591. The molecule has 2 heterocycles. The monoisotopic (exact) mass is 210 g/mol. The number of benzene rings is 1. The maximum atomic E-state index is 11.7. The molecule has 0 N–H and O–H groups in total. The fraction of sp³-hybridized carbons (Fsp3) is 0.400. The minimum absolute atomic E-state index is 0.212. The molecule has 2 aliphatic rings. The van der Waals surface area contributed by atoms with Crippen molar-refractivity contribution in [2.75, 3.05) is 12.4 Å². The quantitative estimate of drug-likeness (QED) is 0.602. The van der Waals surface area contributed by atoms with Gasteiger partial charge in [0.2, 0.25) is 0 Å². The van der Waals surface area contributed by atoms with Gasteiger partial charge >= 0.3 is 0 Å². The molecule has 3 nitrogen and oxygen atoms in total. The molecule has 0 amide bonds. The lowest BCUT2D eigenvalue weighted by atomic mass is 9.97. The Balaban J connectivity index is 2.30. The zero-order valence-electron chi connectivity index (χ0n) is 7.56. The van der Waals surface area contributed by atoms with Crippen LogP contribution in [0.2, 0.25) is 0 Å². The SMILES string of the molecule is O=S1(=O)CCC2(CO2)c2ccccc21. The highest BCUT2D eigenvalue weighted by molar-refractivity contribution is 7.91. The molecule has 2 aliphatic heterocycles. The standard InChI is InChI=1S/C10H10O3S/c11-14(12)6-5-10(7-13-10)8-3-1-2-4-9(8)14/h1-4H,5-7H2. The van der Waals surface area contributed by atoms with Crippen LogP contribution in [0, 0.1) is 0 Å². The van der Waals surface area contributed by atoms with Gasteiger partial charge in [-0.05, 0) is 12.5 Å². The van der Waals surface area contributed by atoms with Gasteiger partial charge in [0.25, 0.3) is 0 Å². The maximum absolute atomic E-state index is 11.7. The van der Waals surface area contributed by atoms with Gasteiger partial charge in [-0.15, -0.1) is 0 Å². The summed E-state index contributed by atoms with van der Waals surface area (Å²) in [6.07, 6.45) is 0.604. The summed E-state index contributed by atoms with van der Waals surface area (Å²) >= 11 is 0.